The van der Waals surface area contributed by atoms with Gasteiger partial charge in [-0.05, 0) is 54.0 Å². The van der Waals surface area contributed by atoms with Crippen LogP contribution in [0.25, 0.3) is 11.8 Å². The van der Waals surface area contributed by atoms with E-state index in [2.05, 4.69) is 20.8 Å². The number of hydrogen-bond donors (Lipinski definition) is 1. The Morgan fingerprint density at radius 1 is 1.08 bits per heavy atom. The summed E-state index contributed by atoms with van der Waals surface area (Å²) in [7, 11) is 0. The van der Waals surface area contributed by atoms with E-state index in [1.807, 2.05) is 68.4 Å². The Kier molecular flexibility index (Phi) is 5.22. The van der Waals surface area contributed by atoms with Crippen LogP contribution in [0.4, 0.5) is 0 Å². The number of tetrazole rings is 1. The molecule has 1 atom stereocenters. The molecule has 1 heterocycles. The van der Waals surface area contributed by atoms with Crippen LogP contribution in [0.5, 0.6) is 0 Å². The third kappa shape index (κ3) is 3.85. The number of amides is 1. The van der Waals surface area contributed by atoms with Crippen LogP contribution in [0.2, 0.25) is 0 Å². The molecule has 1 amide bonds. The van der Waals surface area contributed by atoms with Crippen molar-refractivity contribution in [2.45, 2.75) is 26.8 Å². The number of aromatic nitrogens is 4. The van der Waals surface area contributed by atoms with Gasteiger partial charge in [0, 0.05) is 0 Å². The molecular weight excluding hydrogens is 326 g/mol. The third-order valence-electron chi connectivity index (χ3n) is 4.19. The summed E-state index contributed by atoms with van der Waals surface area (Å²) in [5, 5.41) is 14.6. The van der Waals surface area contributed by atoms with Crippen molar-refractivity contribution in [3.8, 4) is 0 Å². The maximum atomic E-state index is 13.0. The van der Waals surface area contributed by atoms with Crippen molar-refractivity contribution in [3.63, 3.8) is 0 Å². The molecule has 0 saturated carbocycles. The van der Waals surface area contributed by atoms with Crippen molar-refractivity contribution in [3.05, 3.63) is 77.1 Å². The molecule has 0 aliphatic rings. The van der Waals surface area contributed by atoms with Crippen LogP contribution < -0.4 is 5.32 Å². The normalized spacial score (nSPS) is 12.7. The maximum absolute atomic E-state index is 13.0. The predicted molar refractivity (Wildman–Crippen MR) is 101 cm³/mol. The largest absolute Gasteiger partial charge is 0.344 e. The van der Waals surface area contributed by atoms with Gasteiger partial charge >= 0.3 is 0 Å². The van der Waals surface area contributed by atoms with Crippen molar-refractivity contribution in [2.24, 2.45) is 0 Å². The first-order valence-corrected chi connectivity index (χ1v) is 8.45. The maximum Gasteiger partial charge on any atom is 0.270 e. The zero-order chi connectivity index (χ0) is 18.5. The number of nitrogens with one attached hydrogen (secondary N) is 1. The summed E-state index contributed by atoms with van der Waals surface area (Å²) in [6.07, 6.45) is 1.78. The minimum atomic E-state index is -0.236. The Morgan fingerprint density at radius 3 is 2.42 bits per heavy atom. The van der Waals surface area contributed by atoms with Gasteiger partial charge in [-0.3, -0.25) is 4.79 Å². The van der Waals surface area contributed by atoms with Gasteiger partial charge in [-0.2, -0.15) is 4.68 Å². The lowest BCUT2D eigenvalue weighted by Crippen LogP contribution is -2.30. The first-order valence-electron chi connectivity index (χ1n) is 8.45. The molecule has 0 radical (unpaired) electrons. The van der Waals surface area contributed by atoms with Gasteiger partial charge in [-0.1, -0.05) is 54.6 Å². The summed E-state index contributed by atoms with van der Waals surface area (Å²) in [6.45, 7) is 5.76. The minimum Gasteiger partial charge on any atom is -0.344 e. The number of nitrogens with zero attached hydrogens (tertiary/aromatic N) is 4. The SMILES string of the molecule is Cc1ccccc1C(C)NC(=O)C(=Cc1ccccc1)n1nnnc1C. The Morgan fingerprint density at radius 2 is 1.77 bits per heavy atom. The molecular formula is C20H21N5O. The fourth-order valence-electron chi connectivity index (χ4n) is 2.81. The molecule has 26 heavy (non-hydrogen) atoms. The van der Waals surface area contributed by atoms with Crippen LogP contribution in [-0.2, 0) is 4.79 Å². The predicted octanol–water partition coefficient (Wildman–Crippen LogP) is 3.17. The molecule has 0 bridgehead atoms. The van der Waals surface area contributed by atoms with Gasteiger partial charge in [0.05, 0.1) is 6.04 Å². The number of aryl methyl sites for hydroxylation is 2. The van der Waals surface area contributed by atoms with Gasteiger partial charge < -0.3 is 5.32 Å². The molecule has 3 aromatic rings. The summed E-state index contributed by atoms with van der Waals surface area (Å²) in [6, 6.07) is 17.5. The van der Waals surface area contributed by atoms with Crippen LogP contribution in [0.15, 0.2) is 54.6 Å². The second-order valence-corrected chi connectivity index (χ2v) is 6.13. The average molecular weight is 347 g/mol. The molecule has 6 nitrogen and oxygen atoms in total. The van der Waals surface area contributed by atoms with E-state index in [1.165, 1.54) is 4.68 Å². The molecule has 132 valence electrons. The molecule has 0 aliphatic carbocycles. The standard InChI is InChI=1S/C20H21N5O/c1-14-9-7-8-12-18(14)15(2)21-20(26)19(25-16(3)22-23-24-25)13-17-10-5-4-6-11-17/h4-13,15H,1-3H3,(H,21,26). The van der Waals surface area contributed by atoms with Crippen molar-refractivity contribution in [1.29, 1.82) is 0 Å². The van der Waals surface area contributed by atoms with E-state index in [0.717, 1.165) is 16.7 Å². The van der Waals surface area contributed by atoms with Gasteiger partial charge in [0.25, 0.3) is 5.91 Å². The molecule has 3 rings (SSSR count). The van der Waals surface area contributed by atoms with Crippen molar-refractivity contribution in [1.82, 2.24) is 25.5 Å². The summed E-state index contributed by atoms with van der Waals surface area (Å²) in [5.74, 6) is 0.311. The highest BCUT2D eigenvalue weighted by atomic mass is 16.2. The van der Waals surface area contributed by atoms with E-state index in [4.69, 9.17) is 0 Å². The van der Waals surface area contributed by atoms with Crippen molar-refractivity contribution >= 4 is 17.7 Å². The van der Waals surface area contributed by atoms with Gasteiger partial charge in [-0.25, -0.2) is 0 Å². The molecule has 0 saturated heterocycles. The molecule has 6 heteroatoms. The monoisotopic (exact) mass is 347 g/mol. The highest BCUT2D eigenvalue weighted by Gasteiger charge is 2.19. The number of hydrogen-bond acceptors (Lipinski definition) is 4. The second-order valence-electron chi connectivity index (χ2n) is 6.13. The third-order valence-corrected chi connectivity index (χ3v) is 4.19. The molecule has 0 fully saturated rings. The van der Waals surface area contributed by atoms with E-state index in [0.29, 0.717) is 11.5 Å². The zero-order valence-corrected chi connectivity index (χ0v) is 15.0. The first kappa shape index (κ1) is 17.5. The summed E-state index contributed by atoms with van der Waals surface area (Å²) in [4.78, 5) is 13.0. The van der Waals surface area contributed by atoms with Crippen molar-refractivity contribution in [2.75, 3.05) is 0 Å². The van der Waals surface area contributed by atoms with E-state index >= 15 is 0 Å². The van der Waals surface area contributed by atoms with Crippen molar-refractivity contribution < 1.29 is 4.79 Å². The minimum absolute atomic E-state index is 0.139. The van der Waals surface area contributed by atoms with E-state index in [-0.39, 0.29) is 11.9 Å². The highest BCUT2D eigenvalue weighted by Crippen LogP contribution is 2.19. The molecule has 0 spiro atoms. The topological polar surface area (TPSA) is 72.7 Å². The molecule has 1 unspecified atom stereocenters. The van der Waals surface area contributed by atoms with Crippen LogP contribution in [0, 0.1) is 13.8 Å². The lowest BCUT2D eigenvalue weighted by molar-refractivity contribution is -0.116. The number of rotatable bonds is 5. The fourth-order valence-corrected chi connectivity index (χ4v) is 2.81. The second kappa shape index (κ2) is 7.74. The summed E-state index contributed by atoms with van der Waals surface area (Å²) >= 11 is 0. The Bertz CT molecular complexity index is 930. The Balaban J connectivity index is 1.92. The van der Waals surface area contributed by atoms with Gasteiger partial charge in [-0.15, -0.1) is 5.10 Å². The molecule has 0 aliphatic heterocycles. The Labute approximate surface area is 152 Å². The van der Waals surface area contributed by atoms with Gasteiger partial charge in [0.15, 0.2) is 5.82 Å². The lowest BCUT2D eigenvalue weighted by atomic mass is 10.0. The Hall–Kier alpha value is -3.28. The van der Waals surface area contributed by atoms with Gasteiger partial charge in [0.2, 0.25) is 0 Å². The molecule has 1 aromatic heterocycles. The quantitative estimate of drug-likeness (QED) is 0.720. The summed E-state index contributed by atoms with van der Waals surface area (Å²) < 4.78 is 1.45. The zero-order valence-electron chi connectivity index (χ0n) is 15.0. The number of carbonyl (C=O) groups excluding carboxylic acids is 1. The number of carbonyl (C=O) groups is 1. The number of benzene rings is 2. The summed E-state index contributed by atoms with van der Waals surface area (Å²) in [5.41, 5.74) is 3.48. The van der Waals surface area contributed by atoms with E-state index in [1.54, 1.807) is 13.0 Å². The van der Waals surface area contributed by atoms with E-state index in [9.17, 15) is 4.79 Å². The first-order chi connectivity index (χ1) is 12.6. The van der Waals surface area contributed by atoms with E-state index < -0.39 is 0 Å². The van der Waals surface area contributed by atoms with Crippen LogP contribution >= 0.6 is 0 Å². The van der Waals surface area contributed by atoms with Crippen LogP contribution in [0.1, 0.15) is 35.5 Å². The molecule has 1 N–H and O–H groups in total. The lowest BCUT2D eigenvalue weighted by Gasteiger charge is -2.18. The molecule has 2 aromatic carbocycles. The van der Waals surface area contributed by atoms with Crippen LogP contribution in [-0.4, -0.2) is 26.1 Å². The van der Waals surface area contributed by atoms with Gasteiger partial charge in [0.1, 0.15) is 5.70 Å². The van der Waals surface area contributed by atoms with Crippen LogP contribution in [0.3, 0.4) is 0 Å². The fraction of sp³-hybridized carbons (Fsp3) is 0.200. The highest BCUT2D eigenvalue weighted by molar-refractivity contribution is 6.18. The smallest absolute Gasteiger partial charge is 0.270 e. The average Bonchev–Trinajstić information content (AvgIpc) is 3.06.